The van der Waals surface area contributed by atoms with Crippen LogP contribution in [0.25, 0.3) is 10.2 Å². The maximum atomic E-state index is 13.8. The summed E-state index contributed by atoms with van der Waals surface area (Å²) in [5.41, 5.74) is 0.711. The van der Waals surface area contributed by atoms with Crippen molar-refractivity contribution in [3.05, 3.63) is 33.4 Å². The number of nitrogens with one attached hydrogen (secondary N) is 2. The van der Waals surface area contributed by atoms with Gasteiger partial charge in [-0.15, -0.1) is 0 Å². The third kappa shape index (κ3) is 3.47. The largest absolute Gasteiger partial charge is 0.367 e. The van der Waals surface area contributed by atoms with E-state index >= 15 is 0 Å². The number of Topliss-reactive ketones (excluding diaryl/α,β-unsaturated/α-hetero) is 1. The van der Waals surface area contributed by atoms with Crippen LogP contribution in [0.15, 0.2) is 23.0 Å². The Morgan fingerprint density at radius 2 is 2.03 bits per heavy atom. The summed E-state index contributed by atoms with van der Waals surface area (Å²) in [6.07, 6.45) is 3.42. The molecule has 3 aliphatic rings. The molecule has 3 heterocycles. The normalized spacial score (nSPS) is 27.6. The number of carbonyl (C=O) groups is 3. The summed E-state index contributed by atoms with van der Waals surface area (Å²) >= 11 is 1.05. The molecule has 2 N–H and O–H groups in total. The number of ether oxygens (including phenoxy) is 1. The Bertz CT molecular complexity index is 1150. The second-order valence-corrected chi connectivity index (χ2v) is 10.7. The zero-order chi connectivity index (χ0) is 22.6. The van der Waals surface area contributed by atoms with E-state index in [0.29, 0.717) is 22.3 Å². The van der Waals surface area contributed by atoms with E-state index < -0.39 is 12.1 Å². The highest BCUT2D eigenvalue weighted by Gasteiger charge is 2.54. The third-order valence-corrected chi connectivity index (χ3v) is 8.22. The highest BCUT2D eigenvalue weighted by Crippen LogP contribution is 2.42. The van der Waals surface area contributed by atoms with Gasteiger partial charge in [-0.2, -0.15) is 0 Å². The van der Waals surface area contributed by atoms with Crippen LogP contribution in [0, 0.1) is 11.3 Å². The molecule has 32 heavy (non-hydrogen) atoms. The summed E-state index contributed by atoms with van der Waals surface area (Å²) < 4.78 is 6.34. The molecule has 2 aliphatic heterocycles. The first-order valence-electron chi connectivity index (χ1n) is 11.2. The number of likely N-dealkylation sites (tertiary alicyclic amines) is 1. The molecule has 5 rings (SSSR count). The predicted molar refractivity (Wildman–Crippen MR) is 120 cm³/mol. The lowest BCUT2D eigenvalue weighted by Gasteiger charge is -2.37. The monoisotopic (exact) mass is 457 g/mol. The molecule has 8 nitrogen and oxygen atoms in total. The van der Waals surface area contributed by atoms with E-state index in [1.165, 1.54) is 0 Å². The molecule has 0 radical (unpaired) electrons. The molecule has 0 spiro atoms. The lowest BCUT2D eigenvalue weighted by atomic mass is 9.79. The summed E-state index contributed by atoms with van der Waals surface area (Å²) in [7, 11) is 0. The van der Waals surface area contributed by atoms with Crippen molar-refractivity contribution in [1.29, 1.82) is 0 Å². The molecule has 170 valence electrons. The van der Waals surface area contributed by atoms with Gasteiger partial charge in [-0.3, -0.25) is 19.2 Å². The highest BCUT2D eigenvalue weighted by molar-refractivity contribution is 7.16. The second-order valence-electron chi connectivity index (χ2n) is 9.65. The summed E-state index contributed by atoms with van der Waals surface area (Å²) in [5.74, 6) is -0.547. The zero-order valence-electron chi connectivity index (χ0n) is 18.2. The zero-order valence-corrected chi connectivity index (χ0v) is 19.0. The summed E-state index contributed by atoms with van der Waals surface area (Å²) in [5, 5.41) is 3.01. The molecule has 0 bridgehead atoms. The molecule has 9 heteroatoms. The fourth-order valence-electron chi connectivity index (χ4n) is 5.59. The number of aromatic nitrogens is 1. The SMILES string of the molecule is C[C@@H]1CN(C(=O)[C@@H](NC(=O)c2ccc3[nH]c(=O)sc3c2)C2(C)CCCC2)[C@@H]2C(=O)CO[C@H]12. The number of hydrogen-bond donors (Lipinski definition) is 2. The van der Waals surface area contributed by atoms with Crippen molar-refractivity contribution in [2.75, 3.05) is 13.2 Å². The number of rotatable bonds is 4. The van der Waals surface area contributed by atoms with Crippen molar-refractivity contribution >= 4 is 39.2 Å². The van der Waals surface area contributed by atoms with E-state index in [1.807, 2.05) is 13.8 Å². The fraction of sp³-hybridized carbons (Fsp3) is 0.565. The van der Waals surface area contributed by atoms with Gasteiger partial charge in [0, 0.05) is 18.0 Å². The Labute approximate surface area is 189 Å². The standard InChI is InChI=1S/C23H27N3O5S/c1-12-10-26(17-15(27)11-31-18(12)17)21(29)19(23(2)7-3-4-8-23)25-20(28)13-5-6-14-16(9-13)32-22(30)24-14/h5-6,9,12,17-19H,3-4,7-8,10-11H2,1-2H3,(H,24,30)(H,25,28)/t12-,17-,18-,19-/m1/s1. The lowest BCUT2D eigenvalue weighted by molar-refractivity contribution is -0.140. The Morgan fingerprint density at radius 3 is 2.78 bits per heavy atom. The number of fused-ring (bicyclic) bond motifs is 2. The van der Waals surface area contributed by atoms with Crippen molar-refractivity contribution in [2.45, 2.75) is 57.7 Å². The average molecular weight is 458 g/mol. The van der Waals surface area contributed by atoms with Crippen LogP contribution >= 0.6 is 11.3 Å². The number of ketones is 1. The molecule has 4 atom stereocenters. The molecule has 1 saturated carbocycles. The van der Waals surface area contributed by atoms with Crippen LogP contribution in [0.2, 0.25) is 0 Å². The number of carbonyl (C=O) groups excluding carboxylic acids is 3. The number of nitrogens with zero attached hydrogens (tertiary/aromatic N) is 1. The number of hydrogen-bond acceptors (Lipinski definition) is 6. The molecule has 2 saturated heterocycles. The van der Waals surface area contributed by atoms with Crippen molar-refractivity contribution in [1.82, 2.24) is 15.2 Å². The molecule has 1 aromatic heterocycles. The van der Waals surface area contributed by atoms with Crippen LogP contribution in [-0.2, 0) is 14.3 Å². The Morgan fingerprint density at radius 1 is 1.28 bits per heavy atom. The van der Waals surface area contributed by atoms with Crippen LogP contribution in [0.1, 0.15) is 49.9 Å². The molecule has 1 aliphatic carbocycles. The maximum absolute atomic E-state index is 13.8. The van der Waals surface area contributed by atoms with E-state index in [2.05, 4.69) is 10.3 Å². The first-order chi connectivity index (χ1) is 15.3. The summed E-state index contributed by atoms with van der Waals surface area (Å²) in [6, 6.07) is 3.75. The van der Waals surface area contributed by atoms with E-state index in [0.717, 1.165) is 37.0 Å². The lowest BCUT2D eigenvalue weighted by Crippen LogP contribution is -2.57. The van der Waals surface area contributed by atoms with Crippen molar-refractivity contribution in [3.63, 3.8) is 0 Å². The van der Waals surface area contributed by atoms with Gasteiger partial charge < -0.3 is 19.9 Å². The van der Waals surface area contributed by atoms with Gasteiger partial charge in [0.2, 0.25) is 5.91 Å². The highest BCUT2D eigenvalue weighted by atomic mass is 32.1. The van der Waals surface area contributed by atoms with E-state index in [4.69, 9.17) is 4.74 Å². The first kappa shape index (κ1) is 21.3. The average Bonchev–Trinajstić information content (AvgIpc) is 3.51. The smallest absolute Gasteiger partial charge is 0.305 e. The molecule has 0 unspecified atom stereocenters. The number of amides is 2. The molecular weight excluding hydrogens is 430 g/mol. The van der Waals surface area contributed by atoms with Crippen molar-refractivity contribution in [3.8, 4) is 0 Å². The number of aromatic amines is 1. The number of benzene rings is 1. The van der Waals surface area contributed by atoms with Crippen LogP contribution in [0.3, 0.4) is 0 Å². The third-order valence-electron chi connectivity index (χ3n) is 7.37. The minimum atomic E-state index is -0.725. The quantitative estimate of drug-likeness (QED) is 0.731. The van der Waals surface area contributed by atoms with Gasteiger partial charge in [0.05, 0.1) is 16.3 Å². The fourth-order valence-corrected chi connectivity index (χ4v) is 6.37. The van der Waals surface area contributed by atoms with Gasteiger partial charge >= 0.3 is 4.87 Å². The molecular formula is C23H27N3O5S. The Balaban J connectivity index is 1.44. The Kier molecular flexibility index (Phi) is 5.21. The van der Waals surface area contributed by atoms with Crippen molar-refractivity contribution < 1.29 is 19.1 Å². The molecule has 2 amide bonds. The van der Waals surface area contributed by atoms with E-state index in [-0.39, 0.29) is 46.5 Å². The van der Waals surface area contributed by atoms with Crippen LogP contribution in [-0.4, -0.2) is 58.8 Å². The number of H-pyrrole nitrogens is 1. The minimum Gasteiger partial charge on any atom is -0.367 e. The molecule has 2 aromatic rings. The van der Waals surface area contributed by atoms with Gasteiger partial charge in [-0.1, -0.05) is 38.0 Å². The maximum Gasteiger partial charge on any atom is 0.305 e. The minimum absolute atomic E-state index is 0.0390. The van der Waals surface area contributed by atoms with Gasteiger partial charge in [0.25, 0.3) is 5.91 Å². The van der Waals surface area contributed by atoms with Crippen LogP contribution in [0.5, 0.6) is 0 Å². The van der Waals surface area contributed by atoms with E-state index in [9.17, 15) is 19.2 Å². The van der Waals surface area contributed by atoms with Gasteiger partial charge in [0.1, 0.15) is 18.7 Å². The molecule has 1 aromatic carbocycles. The Hall–Kier alpha value is -2.52. The van der Waals surface area contributed by atoms with Gasteiger partial charge in [-0.05, 0) is 36.5 Å². The summed E-state index contributed by atoms with van der Waals surface area (Å²) in [6.45, 7) is 4.53. The van der Waals surface area contributed by atoms with Crippen LogP contribution in [0.4, 0.5) is 0 Å². The predicted octanol–water partition coefficient (Wildman–Crippen LogP) is 2.08. The van der Waals surface area contributed by atoms with Gasteiger partial charge in [0.15, 0.2) is 5.78 Å². The first-order valence-corrected chi connectivity index (χ1v) is 12.0. The van der Waals surface area contributed by atoms with E-state index in [1.54, 1.807) is 23.1 Å². The van der Waals surface area contributed by atoms with Crippen LogP contribution < -0.4 is 10.2 Å². The second kappa shape index (κ2) is 7.81. The summed E-state index contributed by atoms with van der Waals surface area (Å²) in [4.78, 5) is 55.3. The van der Waals surface area contributed by atoms with Crippen molar-refractivity contribution in [2.24, 2.45) is 11.3 Å². The number of thiazole rings is 1. The van der Waals surface area contributed by atoms with Gasteiger partial charge in [-0.25, -0.2) is 0 Å². The molecule has 3 fully saturated rings. The topological polar surface area (TPSA) is 109 Å².